The van der Waals surface area contributed by atoms with E-state index >= 15 is 0 Å². The summed E-state index contributed by atoms with van der Waals surface area (Å²) in [5, 5.41) is 14.2. The Hall–Kier alpha value is -1.06. The number of hydrogen-bond acceptors (Lipinski definition) is 3. The Labute approximate surface area is 123 Å². The van der Waals surface area contributed by atoms with E-state index in [4.69, 9.17) is 4.74 Å². The van der Waals surface area contributed by atoms with Gasteiger partial charge in [-0.25, -0.2) is 0 Å². The number of aliphatic hydroxyl groups is 1. The van der Waals surface area contributed by atoms with E-state index in [2.05, 4.69) is 33.0 Å². The molecule has 3 heteroatoms. The summed E-state index contributed by atoms with van der Waals surface area (Å²) in [6, 6.07) is 4.01. The summed E-state index contributed by atoms with van der Waals surface area (Å²) in [6.45, 7) is 13.1. The zero-order chi connectivity index (χ0) is 15.6. The molecule has 1 aromatic carbocycles. The molecule has 0 spiro atoms. The molecule has 0 radical (unpaired) electrons. The number of hydrogen-bond donors (Lipinski definition) is 2. The lowest BCUT2D eigenvalue weighted by molar-refractivity contribution is 0.0438. The van der Waals surface area contributed by atoms with Crippen LogP contribution in [0.25, 0.3) is 0 Å². The summed E-state index contributed by atoms with van der Waals surface area (Å²) in [6.07, 6.45) is 0.642. The Kier molecular flexibility index (Phi) is 5.22. The van der Waals surface area contributed by atoms with Gasteiger partial charge in [0, 0.05) is 11.1 Å². The summed E-state index contributed by atoms with van der Waals surface area (Å²) >= 11 is 0. The molecule has 0 aromatic heterocycles. The van der Waals surface area contributed by atoms with Gasteiger partial charge < -0.3 is 15.2 Å². The quantitative estimate of drug-likeness (QED) is 0.869. The van der Waals surface area contributed by atoms with Crippen molar-refractivity contribution in [2.75, 3.05) is 13.7 Å². The molecule has 0 fully saturated rings. The molecule has 1 aromatic rings. The highest BCUT2D eigenvalue weighted by Crippen LogP contribution is 2.35. The standard InChI is InChI=1S/C17H29NO2/c1-12-8-9-14(15(20-7)13(12)2)17(6,19)10-11-18-16(3,4)5/h8-9,18-19H,10-11H2,1-7H3. The van der Waals surface area contributed by atoms with Crippen molar-refractivity contribution in [3.05, 3.63) is 28.8 Å². The van der Waals surface area contributed by atoms with Crippen molar-refractivity contribution in [2.45, 2.75) is 59.1 Å². The average molecular weight is 279 g/mol. The van der Waals surface area contributed by atoms with Gasteiger partial charge in [-0.3, -0.25) is 0 Å². The van der Waals surface area contributed by atoms with Crippen LogP contribution in [-0.4, -0.2) is 24.3 Å². The third kappa shape index (κ3) is 4.22. The fraction of sp³-hybridized carbons (Fsp3) is 0.647. The minimum Gasteiger partial charge on any atom is -0.496 e. The first-order chi connectivity index (χ1) is 9.08. The number of ether oxygens (including phenoxy) is 1. The van der Waals surface area contributed by atoms with Crippen molar-refractivity contribution < 1.29 is 9.84 Å². The number of rotatable bonds is 5. The van der Waals surface area contributed by atoms with Crippen molar-refractivity contribution in [3.8, 4) is 5.75 Å². The maximum Gasteiger partial charge on any atom is 0.128 e. The fourth-order valence-electron chi connectivity index (χ4n) is 2.29. The Morgan fingerprint density at radius 1 is 1.15 bits per heavy atom. The van der Waals surface area contributed by atoms with Crippen LogP contribution in [0.5, 0.6) is 5.75 Å². The van der Waals surface area contributed by atoms with Gasteiger partial charge in [0.2, 0.25) is 0 Å². The second kappa shape index (κ2) is 6.15. The van der Waals surface area contributed by atoms with Crippen LogP contribution in [0.2, 0.25) is 0 Å². The Morgan fingerprint density at radius 3 is 2.25 bits per heavy atom. The largest absolute Gasteiger partial charge is 0.496 e. The predicted molar refractivity (Wildman–Crippen MR) is 84.4 cm³/mol. The second-order valence-corrected chi connectivity index (χ2v) is 6.79. The first-order valence-electron chi connectivity index (χ1n) is 7.20. The van der Waals surface area contributed by atoms with E-state index in [0.29, 0.717) is 6.42 Å². The molecule has 1 atom stereocenters. The maximum atomic E-state index is 10.8. The van der Waals surface area contributed by atoms with Gasteiger partial charge in [-0.15, -0.1) is 0 Å². The topological polar surface area (TPSA) is 41.5 Å². The van der Waals surface area contributed by atoms with Gasteiger partial charge in [-0.05, 0) is 65.6 Å². The second-order valence-electron chi connectivity index (χ2n) is 6.79. The first kappa shape index (κ1) is 17.0. The summed E-state index contributed by atoms with van der Waals surface area (Å²) in [4.78, 5) is 0. The van der Waals surface area contributed by atoms with Crippen molar-refractivity contribution in [3.63, 3.8) is 0 Å². The van der Waals surface area contributed by atoms with Crippen molar-refractivity contribution in [1.82, 2.24) is 5.32 Å². The molecule has 0 aliphatic carbocycles. The fourth-order valence-corrected chi connectivity index (χ4v) is 2.29. The smallest absolute Gasteiger partial charge is 0.128 e. The lowest BCUT2D eigenvalue weighted by Crippen LogP contribution is -2.39. The van der Waals surface area contributed by atoms with E-state index < -0.39 is 5.60 Å². The van der Waals surface area contributed by atoms with Crippen LogP contribution in [0.15, 0.2) is 12.1 Å². The van der Waals surface area contributed by atoms with Gasteiger partial charge >= 0.3 is 0 Å². The van der Waals surface area contributed by atoms with Gasteiger partial charge in [0.1, 0.15) is 5.75 Å². The third-order valence-corrected chi connectivity index (χ3v) is 3.73. The van der Waals surface area contributed by atoms with Crippen LogP contribution in [0.3, 0.4) is 0 Å². The molecule has 20 heavy (non-hydrogen) atoms. The van der Waals surface area contributed by atoms with Crippen molar-refractivity contribution in [1.29, 1.82) is 0 Å². The molecule has 2 N–H and O–H groups in total. The molecule has 0 bridgehead atoms. The molecule has 0 saturated heterocycles. The predicted octanol–water partition coefficient (Wildman–Crippen LogP) is 3.30. The molecule has 1 unspecified atom stereocenters. The van der Waals surface area contributed by atoms with Crippen LogP contribution >= 0.6 is 0 Å². The SMILES string of the molecule is COc1c(C(C)(O)CCNC(C)(C)C)ccc(C)c1C. The van der Waals surface area contributed by atoms with Crippen LogP contribution in [0.1, 0.15) is 50.8 Å². The van der Waals surface area contributed by atoms with Crippen LogP contribution in [-0.2, 0) is 5.60 Å². The van der Waals surface area contributed by atoms with E-state index in [9.17, 15) is 5.11 Å². The zero-order valence-electron chi connectivity index (χ0n) is 13.9. The van der Waals surface area contributed by atoms with E-state index in [0.717, 1.165) is 23.4 Å². The molecule has 0 aliphatic rings. The van der Waals surface area contributed by atoms with Gasteiger partial charge in [-0.1, -0.05) is 12.1 Å². The third-order valence-electron chi connectivity index (χ3n) is 3.73. The number of benzene rings is 1. The molecule has 0 saturated carbocycles. The number of methoxy groups -OCH3 is 1. The maximum absolute atomic E-state index is 10.8. The highest BCUT2D eigenvalue weighted by molar-refractivity contribution is 5.47. The summed E-state index contributed by atoms with van der Waals surface area (Å²) in [5.74, 6) is 0.797. The van der Waals surface area contributed by atoms with Crippen molar-refractivity contribution in [2.24, 2.45) is 0 Å². The van der Waals surface area contributed by atoms with Gasteiger partial charge in [0.25, 0.3) is 0 Å². The highest BCUT2D eigenvalue weighted by Gasteiger charge is 2.28. The minimum atomic E-state index is -0.901. The summed E-state index contributed by atoms with van der Waals surface area (Å²) < 4.78 is 5.51. The average Bonchev–Trinajstić information content (AvgIpc) is 2.30. The molecule has 114 valence electrons. The Bertz CT molecular complexity index is 459. The minimum absolute atomic E-state index is 0.0589. The van der Waals surface area contributed by atoms with E-state index in [1.54, 1.807) is 7.11 Å². The Balaban J connectivity index is 2.95. The molecule has 0 amide bonds. The zero-order valence-corrected chi connectivity index (χ0v) is 13.9. The van der Waals surface area contributed by atoms with Crippen LogP contribution < -0.4 is 10.1 Å². The summed E-state index contributed by atoms with van der Waals surface area (Å²) in [5.41, 5.74) is 2.29. The monoisotopic (exact) mass is 279 g/mol. The van der Waals surface area contributed by atoms with Crippen LogP contribution in [0, 0.1) is 13.8 Å². The molecule has 3 nitrogen and oxygen atoms in total. The molecule has 0 heterocycles. The Morgan fingerprint density at radius 2 is 1.75 bits per heavy atom. The van der Waals surface area contributed by atoms with Gasteiger partial charge in [-0.2, -0.15) is 0 Å². The van der Waals surface area contributed by atoms with Crippen LogP contribution in [0.4, 0.5) is 0 Å². The number of nitrogens with one attached hydrogen (secondary N) is 1. The van der Waals surface area contributed by atoms with Gasteiger partial charge in [0.15, 0.2) is 0 Å². The first-order valence-corrected chi connectivity index (χ1v) is 7.20. The van der Waals surface area contributed by atoms with E-state index in [-0.39, 0.29) is 5.54 Å². The molecule has 0 aliphatic heterocycles. The molecular weight excluding hydrogens is 250 g/mol. The number of aryl methyl sites for hydroxylation is 1. The summed E-state index contributed by atoms with van der Waals surface area (Å²) in [7, 11) is 1.66. The normalized spacial score (nSPS) is 15.0. The van der Waals surface area contributed by atoms with E-state index in [1.807, 2.05) is 26.0 Å². The lowest BCUT2D eigenvalue weighted by atomic mass is 9.88. The molecule has 1 rings (SSSR count). The van der Waals surface area contributed by atoms with Gasteiger partial charge in [0.05, 0.1) is 12.7 Å². The molecular formula is C17H29NO2. The highest BCUT2D eigenvalue weighted by atomic mass is 16.5. The van der Waals surface area contributed by atoms with Crippen molar-refractivity contribution >= 4 is 0 Å². The lowest BCUT2D eigenvalue weighted by Gasteiger charge is -2.29. The van der Waals surface area contributed by atoms with E-state index in [1.165, 1.54) is 5.56 Å².